The van der Waals surface area contributed by atoms with E-state index in [1.54, 1.807) is 43.5 Å². The maximum atomic E-state index is 12.3. The summed E-state index contributed by atoms with van der Waals surface area (Å²) in [5.41, 5.74) is 3.76. The summed E-state index contributed by atoms with van der Waals surface area (Å²) in [4.78, 5) is 37.9. The van der Waals surface area contributed by atoms with Gasteiger partial charge in [-0.2, -0.15) is 0 Å². The summed E-state index contributed by atoms with van der Waals surface area (Å²) in [6.45, 7) is 2.79. The second kappa shape index (κ2) is 13.8. The van der Waals surface area contributed by atoms with E-state index in [9.17, 15) is 19.5 Å². The van der Waals surface area contributed by atoms with Crippen molar-refractivity contribution in [1.82, 2.24) is 15.7 Å². The predicted molar refractivity (Wildman–Crippen MR) is 130 cm³/mol. The van der Waals surface area contributed by atoms with Crippen LogP contribution in [0, 0.1) is 11.8 Å². The minimum Gasteiger partial charge on any atom is -0.391 e. The minimum atomic E-state index is -1.30. The predicted octanol–water partition coefficient (Wildman–Crippen LogP) is 0.588. The monoisotopic (exact) mass is 482 g/mol. The summed E-state index contributed by atoms with van der Waals surface area (Å²) in [5.74, 6) is 4.39. The SMILES string of the molecule is COCCN(C)CC(=O)Nc1ccc(C#Cc2ccc(C(=O)NC(C(=O)NO)C(C)O)cc2)cc1. The van der Waals surface area contributed by atoms with Gasteiger partial charge in [0.2, 0.25) is 5.91 Å². The van der Waals surface area contributed by atoms with Crippen LogP contribution in [-0.2, 0) is 14.3 Å². The summed E-state index contributed by atoms with van der Waals surface area (Å²) >= 11 is 0. The number of carbonyl (C=O) groups is 3. The Balaban J connectivity index is 1.94. The first-order chi connectivity index (χ1) is 16.7. The van der Waals surface area contributed by atoms with Crippen molar-refractivity contribution < 1.29 is 29.4 Å². The van der Waals surface area contributed by atoms with Gasteiger partial charge in [0.25, 0.3) is 11.8 Å². The Bertz CT molecular complexity index is 1060. The molecule has 0 aliphatic carbocycles. The van der Waals surface area contributed by atoms with Crippen molar-refractivity contribution in [2.75, 3.05) is 39.2 Å². The van der Waals surface area contributed by atoms with Gasteiger partial charge in [0.1, 0.15) is 6.04 Å². The van der Waals surface area contributed by atoms with Crippen molar-refractivity contribution >= 4 is 23.4 Å². The molecule has 3 amide bonds. The standard InChI is InChI=1S/C25H30N4O6/c1-17(30)23(25(33)28-34)27-24(32)20-10-6-18(7-11-20)4-5-19-8-12-21(13-9-19)26-22(31)16-29(2)14-15-35-3/h6-13,17,23,30,34H,14-16H2,1-3H3,(H,26,31)(H,27,32)(H,28,33). The molecule has 10 heteroatoms. The molecule has 10 nitrogen and oxygen atoms in total. The Morgan fingerprint density at radius 1 is 1.03 bits per heavy atom. The molecule has 0 aromatic heterocycles. The molecule has 2 aromatic carbocycles. The molecule has 0 radical (unpaired) electrons. The number of nitrogens with zero attached hydrogens (tertiary/aromatic N) is 1. The van der Waals surface area contributed by atoms with Crippen molar-refractivity contribution in [3.63, 3.8) is 0 Å². The van der Waals surface area contributed by atoms with Crippen LogP contribution in [0.15, 0.2) is 48.5 Å². The summed E-state index contributed by atoms with van der Waals surface area (Å²) < 4.78 is 5.00. The third-order valence-corrected chi connectivity index (χ3v) is 4.92. The van der Waals surface area contributed by atoms with E-state index in [2.05, 4.69) is 22.5 Å². The molecule has 0 aliphatic heterocycles. The van der Waals surface area contributed by atoms with Crippen molar-refractivity contribution in [2.24, 2.45) is 0 Å². The molecule has 0 saturated heterocycles. The van der Waals surface area contributed by atoms with E-state index < -0.39 is 24.0 Å². The maximum absolute atomic E-state index is 12.3. The van der Waals surface area contributed by atoms with Gasteiger partial charge < -0.3 is 20.5 Å². The number of benzene rings is 2. The first kappa shape index (κ1) is 27.5. The molecular weight excluding hydrogens is 452 g/mol. The molecule has 0 aliphatic rings. The second-order valence-electron chi connectivity index (χ2n) is 7.85. The molecule has 0 spiro atoms. The molecule has 186 valence electrons. The maximum Gasteiger partial charge on any atom is 0.268 e. The molecular formula is C25H30N4O6. The van der Waals surface area contributed by atoms with Crippen LogP contribution in [0.5, 0.6) is 0 Å². The fraction of sp³-hybridized carbons (Fsp3) is 0.320. The highest BCUT2D eigenvalue weighted by molar-refractivity contribution is 5.97. The number of anilines is 1. The zero-order valence-corrected chi connectivity index (χ0v) is 19.9. The molecule has 0 bridgehead atoms. The normalized spacial score (nSPS) is 12.2. The molecule has 35 heavy (non-hydrogen) atoms. The van der Waals surface area contributed by atoms with E-state index in [1.165, 1.54) is 24.5 Å². The topological polar surface area (TPSA) is 140 Å². The molecule has 0 heterocycles. The van der Waals surface area contributed by atoms with E-state index in [0.717, 1.165) is 5.56 Å². The quantitative estimate of drug-likeness (QED) is 0.190. The molecule has 2 rings (SSSR count). The first-order valence-electron chi connectivity index (χ1n) is 10.9. The summed E-state index contributed by atoms with van der Waals surface area (Å²) in [6.07, 6.45) is -1.20. The molecule has 0 fully saturated rings. The zero-order chi connectivity index (χ0) is 25.8. The summed E-state index contributed by atoms with van der Waals surface area (Å²) in [7, 11) is 3.46. The Kier molecular flexibility index (Phi) is 10.9. The second-order valence-corrected chi connectivity index (χ2v) is 7.85. The van der Waals surface area contributed by atoms with Crippen LogP contribution in [-0.4, -0.2) is 78.9 Å². The number of hydrogen-bond donors (Lipinski definition) is 5. The third kappa shape index (κ3) is 9.19. The van der Waals surface area contributed by atoms with Crippen molar-refractivity contribution in [2.45, 2.75) is 19.1 Å². The van der Waals surface area contributed by atoms with Gasteiger partial charge in [0.05, 0.1) is 19.3 Å². The summed E-state index contributed by atoms with van der Waals surface area (Å²) in [6, 6.07) is 12.2. The number of nitrogens with one attached hydrogen (secondary N) is 3. The zero-order valence-electron chi connectivity index (χ0n) is 19.9. The van der Waals surface area contributed by atoms with Gasteiger partial charge in [-0.15, -0.1) is 0 Å². The lowest BCUT2D eigenvalue weighted by molar-refractivity contribution is -0.133. The largest absolute Gasteiger partial charge is 0.391 e. The van der Waals surface area contributed by atoms with E-state index in [4.69, 9.17) is 9.94 Å². The number of ether oxygens (including phenoxy) is 1. The average Bonchev–Trinajstić information content (AvgIpc) is 2.85. The highest BCUT2D eigenvalue weighted by Gasteiger charge is 2.25. The molecule has 2 atom stereocenters. The Labute approximate surface area is 204 Å². The number of hydrogen-bond acceptors (Lipinski definition) is 7. The number of hydroxylamine groups is 1. The van der Waals surface area contributed by atoms with Gasteiger partial charge in [0.15, 0.2) is 0 Å². The van der Waals surface area contributed by atoms with E-state index >= 15 is 0 Å². The first-order valence-corrected chi connectivity index (χ1v) is 10.9. The van der Waals surface area contributed by atoms with Gasteiger partial charge in [-0.1, -0.05) is 11.8 Å². The van der Waals surface area contributed by atoms with Crippen LogP contribution in [0.1, 0.15) is 28.4 Å². The van der Waals surface area contributed by atoms with Crippen molar-refractivity contribution in [3.8, 4) is 11.8 Å². The number of amides is 3. The van der Waals surface area contributed by atoms with Gasteiger partial charge in [-0.25, -0.2) is 5.48 Å². The summed E-state index contributed by atoms with van der Waals surface area (Å²) in [5, 5.41) is 23.6. The number of methoxy groups -OCH3 is 1. The van der Waals surface area contributed by atoms with Gasteiger partial charge >= 0.3 is 0 Å². The van der Waals surface area contributed by atoms with E-state index in [0.29, 0.717) is 24.4 Å². The molecule has 2 unspecified atom stereocenters. The number of aliphatic hydroxyl groups is 1. The minimum absolute atomic E-state index is 0.122. The van der Waals surface area contributed by atoms with E-state index in [-0.39, 0.29) is 18.0 Å². The molecule has 5 N–H and O–H groups in total. The lowest BCUT2D eigenvalue weighted by atomic mass is 10.1. The van der Waals surface area contributed by atoms with Gasteiger partial charge in [-0.05, 0) is 62.5 Å². The Morgan fingerprint density at radius 2 is 1.60 bits per heavy atom. The molecule has 2 aromatic rings. The highest BCUT2D eigenvalue weighted by atomic mass is 16.5. The van der Waals surface area contributed by atoms with Crippen LogP contribution in [0.25, 0.3) is 0 Å². The Hall–Kier alpha value is -3.75. The highest BCUT2D eigenvalue weighted by Crippen LogP contribution is 2.10. The fourth-order valence-corrected chi connectivity index (χ4v) is 2.96. The van der Waals surface area contributed by atoms with Crippen molar-refractivity contribution in [1.29, 1.82) is 0 Å². The van der Waals surface area contributed by atoms with Crippen LogP contribution in [0.2, 0.25) is 0 Å². The van der Waals surface area contributed by atoms with Crippen molar-refractivity contribution in [3.05, 3.63) is 65.2 Å². The molecule has 0 saturated carbocycles. The number of aliphatic hydroxyl groups excluding tert-OH is 1. The number of carbonyl (C=O) groups excluding carboxylic acids is 3. The van der Waals surface area contributed by atoms with E-state index in [1.807, 2.05) is 11.9 Å². The van der Waals surface area contributed by atoms with Crippen LogP contribution < -0.4 is 16.1 Å². The van der Waals surface area contributed by atoms with Gasteiger partial charge in [0, 0.05) is 36.0 Å². The average molecular weight is 483 g/mol. The lowest BCUT2D eigenvalue weighted by Crippen LogP contribution is -2.51. The smallest absolute Gasteiger partial charge is 0.268 e. The van der Waals surface area contributed by atoms with Crippen LogP contribution in [0.4, 0.5) is 5.69 Å². The van der Waals surface area contributed by atoms with Gasteiger partial charge in [-0.3, -0.25) is 24.5 Å². The fourth-order valence-electron chi connectivity index (χ4n) is 2.96. The Morgan fingerprint density at radius 3 is 2.11 bits per heavy atom. The number of rotatable bonds is 10. The van der Waals surface area contributed by atoms with Crippen LogP contribution in [0.3, 0.4) is 0 Å². The van der Waals surface area contributed by atoms with Crippen LogP contribution >= 0.6 is 0 Å². The lowest BCUT2D eigenvalue weighted by Gasteiger charge is -2.19. The third-order valence-electron chi connectivity index (χ3n) is 4.92. The number of likely N-dealkylation sites (N-methyl/N-ethyl adjacent to an activating group) is 1.